The summed E-state index contributed by atoms with van der Waals surface area (Å²) in [7, 11) is -3.27. The van der Waals surface area contributed by atoms with Gasteiger partial charge in [0.05, 0.1) is 11.9 Å². The molecule has 5 heteroatoms. The molecule has 17 heavy (non-hydrogen) atoms. The fourth-order valence-electron chi connectivity index (χ4n) is 1.40. The van der Waals surface area contributed by atoms with Crippen molar-refractivity contribution in [2.75, 3.05) is 17.6 Å². The monoisotopic (exact) mass is 253 g/mol. The average molecular weight is 253 g/mol. The summed E-state index contributed by atoms with van der Waals surface area (Å²) in [6.07, 6.45) is 1.82. The maximum Gasteiger partial charge on any atom is 0.229 e. The van der Waals surface area contributed by atoms with Crippen LogP contribution in [0.2, 0.25) is 0 Å². The SMILES string of the molecule is CCc1cc(C#CCO)ccc1NS(C)(=O)=O. The maximum absolute atomic E-state index is 11.2. The Kier molecular flexibility index (Phi) is 4.55. The second kappa shape index (κ2) is 5.71. The van der Waals surface area contributed by atoms with E-state index < -0.39 is 10.0 Å². The normalized spacial score (nSPS) is 10.5. The first-order chi connectivity index (χ1) is 7.96. The highest BCUT2D eigenvalue weighted by atomic mass is 32.2. The minimum Gasteiger partial charge on any atom is -0.384 e. The highest BCUT2D eigenvalue weighted by Gasteiger charge is 2.06. The van der Waals surface area contributed by atoms with E-state index in [1.165, 1.54) is 0 Å². The summed E-state index contributed by atoms with van der Waals surface area (Å²) in [5.41, 5.74) is 2.21. The lowest BCUT2D eigenvalue weighted by Crippen LogP contribution is -2.11. The number of hydrogen-bond donors (Lipinski definition) is 2. The summed E-state index contributed by atoms with van der Waals surface area (Å²) in [6.45, 7) is 1.75. The third kappa shape index (κ3) is 4.47. The Labute approximate surface area is 102 Å². The number of rotatable bonds is 3. The molecular formula is C12H15NO3S. The minimum absolute atomic E-state index is 0.190. The molecule has 0 saturated heterocycles. The molecule has 1 aromatic rings. The molecule has 2 N–H and O–H groups in total. The topological polar surface area (TPSA) is 66.4 Å². The summed E-state index contributed by atoms with van der Waals surface area (Å²) in [5, 5.41) is 8.60. The highest BCUT2D eigenvalue weighted by molar-refractivity contribution is 7.92. The summed E-state index contributed by atoms with van der Waals surface area (Å²) in [5.74, 6) is 5.33. The summed E-state index contributed by atoms with van der Waals surface area (Å²) in [4.78, 5) is 0. The molecule has 0 unspecified atom stereocenters. The van der Waals surface area contributed by atoms with E-state index in [9.17, 15) is 8.42 Å². The Balaban J connectivity index is 3.09. The standard InChI is InChI=1S/C12H15NO3S/c1-3-11-9-10(5-4-8-14)6-7-12(11)13-17(2,15)16/h6-7,9,13-14H,3,8H2,1-2H3. The van der Waals surface area contributed by atoms with E-state index in [0.717, 1.165) is 17.4 Å². The predicted octanol–water partition coefficient (Wildman–Crippen LogP) is 0.964. The van der Waals surface area contributed by atoms with Crippen molar-refractivity contribution in [1.82, 2.24) is 0 Å². The molecule has 1 aromatic carbocycles. The first-order valence-corrected chi connectivity index (χ1v) is 7.06. The van der Waals surface area contributed by atoms with Gasteiger partial charge in [-0.15, -0.1) is 0 Å². The Morgan fingerprint density at radius 1 is 1.41 bits per heavy atom. The molecule has 0 radical (unpaired) electrons. The van der Waals surface area contributed by atoms with Crippen LogP contribution in [0.5, 0.6) is 0 Å². The van der Waals surface area contributed by atoms with Crippen molar-refractivity contribution in [2.24, 2.45) is 0 Å². The summed E-state index contributed by atoms with van der Waals surface area (Å²) >= 11 is 0. The molecule has 0 spiro atoms. The van der Waals surface area contributed by atoms with Gasteiger partial charge in [0.15, 0.2) is 0 Å². The highest BCUT2D eigenvalue weighted by Crippen LogP contribution is 2.18. The van der Waals surface area contributed by atoms with Gasteiger partial charge in [0.1, 0.15) is 6.61 Å². The number of aryl methyl sites for hydroxylation is 1. The van der Waals surface area contributed by atoms with Gasteiger partial charge < -0.3 is 5.11 Å². The molecule has 0 aliphatic carbocycles. The van der Waals surface area contributed by atoms with Gasteiger partial charge in [-0.1, -0.05) is 18.8 Å². The summed E-state index contributed by atoms with van der Waals surface area (Å²) < 4.78 is 24.8. The van der Waals surface area contributed by atoms with Crippen LogP contribution < -0.4 is 4.72 Å². The van der Waals surface area contributed by atoms with Crippen molar-refractivity contribution in [1.29, 1.82) is 0 Å². The van der Waals surface area contributed by atoms with Crippen molar-refractivity contribution in [3.8, 4) is 11.8 Å². The predicted molar refractivity (Wildman–Crippen MR) is 68.3 cm³/mol. The number of aliphatic hydroxyl groups is 1. The third-order valence-corrected chi connectivity index (χ3v) is 2.68. The van der Waals surface area contributed by atoms with E-state index in [4.69, 9.17) is 5.11 Å². The lowest BCUT2D eigenvalue weighted by Gasteiger charge is -2.09. The third-order valence-electron chi connectivity index (χ3n) is 2.09. The van der Waals surface area contributed by atoms with E-state index in [2.05, 4.69) is 16.6 Å². The number of benzene rings is 1. The van der Waals surface area contributed by atoms with Crippen molar-refractivity contribution in [3.05, 3.63) is 29.3 Å². The van der Waals surface area contributed by atoms with Gasteiger partial charge in [0, 0.05) is 5.56 Å². The van der Waals surface area contributed by atoms with Crippen LogP contribution in [-0.4, -0.2) is 26.4 Å². The molecule has 0 aliphatic heterocycles. The molecular weight excluding hydrogens is 238 g/mol. The average Bonchev–Trinajstić information content (AvgIpc) is 2.25. The van der Waals surface area contributed by atoms with Crippen LogP contribution in [0.3, 0.4) is 0 Å². The molecule has 1 rings (SSSR count). The zero-order valence-electron chi connectivity index (χ0n) is 9.82. The van der Waals surface area contributed by atoms with Crippen LogP contribution in [-0.2, 0) is 16.4 Å². The van der Waals surface area contributed by atoms with Crippen molar-refractivity contribution in [2.45, 2.75) is 13.3 Å². The van der Waals surface area contributed by atoms with Crippen LogP contribution in [0, 0.1) is 11.8 Å². The lowest BCUT2D eigenvalue weighted by atomic mass is 10.1. The van der Waals surface area contributed by atoms with Crippen LogP contribution in [0.25, 0.3) is 0 Å². The second-order valence-corrected chi connectivity index (χ2v) is 5.31. The van der Waals surface area contributed by atoms with Gasteiger partial charge in [0.25, 0.3) is 0 Å². The zero-order chi connectivity index (χ0) is 12.9. The number of nitrogens with one attached hydrogen (secondary N) is 1. The molecule has 0 aliphatic rings. The van der Waals surface area contributed by atoms with E-state index in [-0.39, 0.29) is 6.61 Å². The molecule has 0 amide bonds. The van der Waals surface area contributed by atoms with E-state index >= 15 is 0 Å². The quantitative estimate of drug-likeness (QED) is 0.789. The smallest absolute Gasteiger partial charge is 0.229 e. The van der Waals surface area contributed by atoms with Gasteiger partial charge in [-0.05, 0) is 30.2 Å². The Hall–Kier alpha value is -1.51. The molecule has 0 bridgehead atoms. The molecule has 0 aromatic heterocycles. The zero-order valence-corrected chi connectivity index (χ0v) is 10.6. The first kappa shape index (κ1) is 13.6. The molecule has 0 saturated carbocycles. The van der Waals surface area contributed by atoms with Crippen LogP contribution in [0.4, 0.5) is 5.69 Å². The molecule has 4 nitrogen and oxygen atoms in total. The summed E-state index contributed by atoms with van der Waals surface area (Å²) in [6, 6.07) is 5.22. The Morgan fingerprint density at radius 3 is 2.65 bits per heavy atom. The van der Waals surface area contributed by atoms with E-state index in [0.29, 0.717) is 12.1 Å². The first-order valence-electron chi connectivity index (χ1n) is 5.16. The number of aliphatic hydroxyl groups excluding tert-OH is 1. The Bertz CT molecular complexity index is 553. The van der Waals surface area contributed by atoms with Gasteiger partial charge in [0.2, 0.25) is 10.0 Å². The van der Waals surface area contributed by atoms with Gasteiger partial charge in [-0.2, -0.15) is 0 Å². The molecule has 0 heterocycles. The van der Waals surface area contributed by atoms with Gasteiger partial charge >= 0.3 is 0 Å². The second-order valence-electron chi connectivity index (χ2n) is 3.56. The number of sulfonamides is 1. The van der Waals surface area contributed by atoms with Gasteiger partial charge in [-0.3, -0.25) is 4.72 Å². The minimum atomic E-state index is -3.27. The molecule has 92 valence electrons. The fraction of sp³-hybridized carbons (Fsp3) is 0.333. The maximum atomic E-state index is 11.2. The van der Waals surface area contributed by atoms with E-state index in [1.54, 1.807) is 12.1 Å². The Morgan fingerprint density at radius 2 is 2.12 bits per heavy atom. The van der Waals surface area contributed by atoms with Crippen molar-refractivity contribution >= 4 is 15.7 Å². The van der Waals surface area contributed by atoms with E-state index in [1.807, 2.05) is 13.0 Å². The molecule has 0 fully saturated rings. The van der Waals surface area contributed by atoms with Crippen molar-refractivity contribution < 1.29 is 13.5 Å². The molecule has 0 atom stereocenters. The van der Waals surface area contributed by atoms with Gasteiger partial charge in [-0.25, -0.2) is 8.42 Å². The largest absolute Gasteiger partial charge is 0.384 e. The van der Waals surface area contributed by atoms with Crippen molar-refractivity contribution in [3.63, 3.8) is 0 Å². The van der Waals surface area contributed by atoms with Crippen LogP contribution in [0.1, 0.15) is 18.1 Å². The van der Waals surface area contributed by atoms with Crippen LogP contribution >= 0.6 is 0 Å². The fourth-order valence-corrected chi connectivity index (χ4v) is 2.00. The van der Waals surface area contributed by atoms with Crippen LogP contribution in [0.15, 0.2) is 18.2 Å². The number of hydrogen-bond acceptors (Lipinski definition) is 3. The number of anilines is 1. The lowest BCUT2D eigenvalue weighted by molar-refractivity contribution is 0.350.